The molecule has 1 saturated heterocycles. The minimum Gasteiger partial charge on any atom is -0.379 e. The first-order valence-electron chi connectivity index (χ1n) is 9.73. The van der Waals surface area contributed by atoms with Crippen LogP contribution in [0.1, 0.15) is 37.6 Å². The van der Waals surface area contributed by atoms with E-state index in [1.54, 1.807) is 7.05 Å². The molecule has 7 nitrogen and oxygen atoms in total. The van der Waals surface area contributed by atoms with E-state index in [1.165, 1.54) is 5.69 Å². The van der Waals surface area contributed by atoms with E-state index in [1.807, 2.05) is 6.92 Å². The Bertz CT molecular complexity index is 552. The summed E-state index contributed by atoms with van der Waals surface area (Å²) in [6.07, 6.45) is 3.55. The standard InChI is InChI=1S/C19H35N5O2/c1-15(13-24-17(3)11-16(2)23-24)12-22-19(20-4)21-8-6-9-25-14-18-7-5-10-26-18/h11,15,18H,5-10,12-14H2,1-4H3,(H2,20,21,22). The molecule has 0 amide bonds. The molecule has 2 rings (SSSR count). The van der Waals surface area contributed by atoms with Crippen molar-refractivity contribution < 1.29 is 9.47 Å². The van der Waals surface area contributed by atoms with Gasteiger partial charge in [0, 0.05) is 45.6 Å². The number of aliphatic imine (C=N–C) groups is 1. The normalized spacial score (nSPS) is 18.9. The Morgan fingerprint density at radius 2 is 2.31 bits per heavy atom. The van der Waals surface area contributed by atoms with E-state index < -0.39 is 0 Å². The highest BCUT2D eigenvalue weighted by atomic mass is 16.5. The van der Waals surface area contributed by atoms with Crippen molar-refractivity contribution in [1.29, 1.82) is 0 Å². The van der Waals surface area contributed by atoms with Crippen LogP contribution in [0.4, 0.5) is 0 Å². The largest absolute Gasteiger partial charge is 0.379 e. The molecule has 148 valence electrons. The first-order valence-corrected chi connectivity index (χ1v) is 9.73. The Balaban J connectivity index is 1.54. The summed E-state index contributed by atoms with van der Waals surface area (Å²) in [7, 11) is 1.80. The molecule has 1 aromatic rings. The molecule has 0 aliphatic carbocycles. The van der Waals surface area contributed by atoms with Crippen LogP contribution in [-0.4, -0.2) is 61.8 Å². The van der Waals surface area contributed by atoms with Crippen LogP contribution in [0.2, 0.25) is 0 Å². The van der Waals surface area contributed by atoms with Crippen LogP contribution >= 0.6 is 0 Å². The van der Waals surface area contributed by atoms with Crippen molar-refractivity contribution in [2.45, 2.75) is 52.7 Å². The molecule has 2 unspecified atom stereocenters. The maximum atomic E-state index is 5.68. The highest BCUT2D eigenvalue weighted by molar-refractivity contribution is 5.79. The average Bonchev–Trinajstić information content (AvgIpc) is 3.23. The van der Waals surface area contributed by atoms with E-state index in [0.717, 1.165) is 70.4 Å². The van der Waals surface area contributed by atoms with E-state index in [-0.39, 0.29) is 0 Å². The van der Waals surface area contributed by atoms with Gasteiger partial charge in [-0.05, 0) is 45.1 Å². The van der Waals surface area contributed by atoms with Crippen molar-refractivity contribution >= 4 is 5.96 Å². The average molecular weight is 366 g/mol. The number of nitrogens with zero attached hydrogens (tertiary/aromatic N) is 3. The van der Waals surface area contributed by atoms with Gasteiger partial charge in [-0.3, -0.25) is 9.67 Å². The zero-order valence-corrected chi connectivity index (χ0v) is 16.8. The van der Waals surface area contributed by atoms with Crippen molar-refractivity contribution in [2.75, 3.05) is 40.0 Å². The summed E-state index contributed by atoms with van der Waals surface area (Å²) in [5.41, 5.74) is 2.28. The van der Waals surface area contributed by atoms with Crippen LogP contribution in [-0.2, 0) is 16.0 Å². The fourth-order valence-corrected chi connectivity index (χ4v) is 3.08. The van der Waals surface area contributed by atoms with Crippen LogP contribution in [0.5, 0.6) is 0 Å². The van der Waals surface area contributed by atoms with Gasteiger partial charge < -0.3 is 20.1 Å². The quantitative estimate of drug-likeness (QED) is 0.376. The summed E-state index contributed by atoms with van der Waals surface area (Å²) < 4.78 is 13.3. The number of hydrogen-bond donors (Lipinski definition) is 2. The molecule has 0 radical (unpaired) electrons. The van der Waals surface area contributed by atoms with E-state index in [9.17, 15) is 0 Å². The molecule has 7 heteroatoms. The molecule has 2 atom stereocenters. The third-order valence-electron chi connectivity index (χ3n) is 4.52. The summed E-state index contributed by atoms with van der Waals surface area (Å²) in [6.45, 7) is 11.3. The number of hydrogen-bond acceptors (Lipinski definition) is 4. The molecular weight excluding hydrogens is 330 g/mol. The Morgan fingerprint density at radius 1 is 1.46 bits per heavy atom. The number of guanidine groups is 1. The van der Waals surface area contributed by atoms with E-state index in [4.69, 9.17) is 9.47 Å². The Labute approximate surface area is 157 Å². The third kappa shape index (κ3) is 7.33. The van der Waals surface area contributed by atoms with Gasteiger partial charge in [-0.15, -0.1) is 0 Å². The summed E-state index contributed by atoms with van der Waals surface area (Å²) in [5.74, 6) is 1.30. The van der Waals surface area contributed by atoms with Crippen LogP contribution in [0.3, 0.4) is 0 Å². The predicted molar refractivity (Wildman–Crippen MR) is 105 cm³/mol. The van der Waals surface area contributed by atoms with Crippen LogP contribution in [0, 0.1) is 19.8 Å². The molecule has 0 spiro atoms. The van der Waals surface area contributed by atoms with Crippen molar-refractivity contribution in [3.05, 3.63) is 17.5 Å². The highest BCUT2D eigenvalue weighted by Gasteiger charge is 2.15. The molecule has 1 aliphatic rings. The maximum Gasteiger partial charge on any atom is 0.190 e. The van der Waals surface area contributed by atoms with Crippen LogP contribution < -0.4 is 10.6 Å². The van der Waals surface area contributed by atoms with Crippen LogP contribution in [0.25, 0.3) is 0 Å². The molecule has 1 fully saturated rings. The second kappa shape index (κ2) is 11.2. The zero-order chi connectivity index (χ0) is 18.8. The molecule has 1 aliphatic heterocycles. The minimum atomic E-state index is 0.307. The van der Waals surface area contributed by atoms with E-state index in [0.29, 0.717) is 12.0 Å². The maximum absolute atomic E-state index is 5.68. The lowest BCUT2D eigenvalue weighted by molar-refractivity contribution is 0.0168. The lowest BCUT2D eigenvalue weighted by Gasteiger charge is -2.17. The Kier molecular flexibility index (Phi) is 8.91. The first kappa shape index (κ1) is 20.7. The number of rotatable bonds is 10. The Morgan fingerprint density at radius 3 is 2.96 bits per heavy atom. The number of ether oxygens (including phenoxy) is 2. The van der Waals surface area contributed by atoms with Gasteiger partial charge in [0.05, 0.1) is 18.4 Å². The minimum absolute atomic E-state index is 0.307. The second-order valence-corrected chi connectivity index (χ2v) is 7.16. The van der Waals surface area contributed by atoms with Gasteiger partial charge in [-0.25, -0.2) is 0 Å². The van der Waals surface area contributed by atoms with E-state index >= 15 is 0 Å². The van der Waals surface area contributed by atoms with Crippen molar-refractivity contribution in [1.82, 2.24) is 20.4 Å². The van der Waals surface area contributed by atoms with Gasteiger partial charge in [-0.2, -0.15) is 5.10 Å². The van der Waals surface area contributed by atoms with Gasteiger partial charge in [0.25, 0.3) is 0 Å². The predicted octanol–water partition coefficient (Wildman–Crippen LogP) is 1.89. The van der Waals surface area contributed by atoms with Crippen molar-refractivity contribution in [2.24, 2.45) is 10.9 Å². The molecule has 26 heavy (non-hydrogen) atoms. The van der Waals surface area contributed by atoms with E-state index in [2.05, 4.69) is 45.3 Å². The van der Waals surface area contributed by atoms with Gasteiger partial charge in [0.15, 0.2) is 5.96 Å². The molecule has 1 aromatic heterocycles. The summed E-state index contributed by atoms with van der Waals surface area (Å²) >= 11 is 0. The molecule has 2 N–H and O–H groups in total. The molecule has 2 heterocycles. The monoisotopic (exact) mass is 365 g/mol. The third-order valence-corrected chi connectivity index (χ3v) is 4.52. The van der Waals surface area contributed by atoms with Crippen molar-refractivity contribution in [3.8, 4) is 0 Å². The lowest BCUT2D eigenvalue weighted by atomic mass is 10.2. The fraction of sp³-hybridized carbons (Fsp3) is 0.789. The first-order chi connectivity index (χ1) is 12.6. The van der Waals surface area contributed by atoms with Crippen molar-refractivity contribution in [3.63, 3.8) is 0 Å². The number of aromatic nitrogens is 2. The summed E-state index contributed by atoms with van der Waals surface area (Å²) in [5, 5.41) is 11.3. The van der Waals surface area contributed by atoms with Gasteiger partial charge in [0.2, 0.25) is 0 Å². The molecule has 0 saturated carbocycles. The van der Waals surface area contributed by atoms with Crippen LogP contribution in [0.15, 0.2) is 11.1 Å². The molecular formula is C19H35N5O2. The van der Waals surface area contributed by atoms with Gasteiger partial charge in [-0.1, -0.05) is 6.92 Å². The Hall–Kier alpha value is -1.60. The summed E-state index contributed by atoms with van der Waals surface area (Å²) in [4.78, 5) is 4.28. The summed E-state index contributed by atoms with van der Waals surface area (Å²) in [6, 6.07) is 2.11. The number of aryl methyl sites for hydroxylation is 2. The highest BCUT2D eigenvalue weighted by Crippen LogP contribution is 2.11. The molecule has 0 bridgehead atoms. The molecule has 0 aromatic carbocycles. The smallest absolute Gasteiger partial charge is 0.190 e. The number of nitrogens with one attached hydrogen (secondary N) is 2. The zero-order valence-electron chi connectivity index (χ0n) is 16.8. The van der Waals surface area contributed by atoms with Gasteiger partial charge in [0.1, 0.15) is 0 Å². The topological polar surface area (TPSA) is 72.7 Å². The van der Waals surface area contributed by atoms with Gasteiger partial charge >= 0.3 is 0 Å². The SMILES string of the molecule is CN=C(NCCCOCC1CCCO1)NCC(C)Cn1nc(C)cc1C. The fourth-order valence-electron chi connectivity index (χ4n) is 3.08. The second-order valence-electron chi connectivity index (χ2n) is 7.16. The lowest BCUT2D eigenvalue weighted by Crippen LogP contribution is -2.40.